The Morgan fingerprint density at radius 1 is 0.579 bits per heavy atom. The maximum Gasteiger partial charge on any atom is 0.323 e. The van der Waals surface area contributed by atoms with Crippen molar-refractivity contribution in [3.63, 3.8) is 0 Å². The lowest BCUT2D eigenvalue weighted by Gasteiger charge is -2.20. The fraction of sp³-hybridized carbons (Fsp3) is 0.828. The van der Waals surface area contributed by atoms with Gasteiger partial charge in [0.05, 0.1) is 0 Å². The number of aliphatic carboxylic acids is 2. The van der Waals surface area contributed by atoms with E-state index in [2.05, 4.69) is 5.32 Å². The van der Waals surface area contributed by atoms with Gasteiger partial charge in [-0.1, -0.05) is 84.0 Å². The highest BCUT2D eigenvalue weighted by atomic mass is 16.4. The van der Waals surface area contributed by atoms with Crippen LogP contribution < -0.4 is 5.32 Å². The monoisotopic (exact) mass is 540 g/mol. The zero-order valence-corrected chi connectivity index (χ0v) is 23.6. The zero-order chi connectivity index (χ0) is 28.4. The molecule has 0 radical (unpaired) electrons. The molecule has 0 atom stereocenters. The summed E-state index contributed by atoms with van der Waals surface area (Å²) >= 11 is 0. The highest BCUT2D eigenvalue weighted by Gasteiger charge is 2.17. The minimum atomic E-state index is -1.08. The van der Waals surface area contributed by atoms with Crippen LogP contribution in [0.2, 0.25) is 0 Å². The van der Waals surface area contributed by atoms with E-state index in [0.717, 1.165) is 44.9 Å². The van der Waals surface area contributed by atoms with Crippen molar-refractivity contribution in [2.24, 2.45) is 0 Å². The lowest BCUT2D eigenvalue weighted by atomic mass is 10.0. The molecule has 0 saturated heterocycles. The van der Waals surface area contributed by atoms with Crippen molar-refractivity contribution < 1.29 is 34.2 Å². The van der Waals surface area contributed by atoms with E-state index in [1.54, 1.807) is 6.92 Å². The average Bonchev–Trinajstić information content (AvgIpc) is 2.87. The first-order chi connectivity index (χ1) is 18.3. The number of carboxylic acids is 2. The number of carbonyl (C=O) groups is 5. The first-order valence-corrected chi connectivity index (χ1v) is 14.8. The Morgan fingerprint density at radius 3 is 1.50 bits per heavy atom. The molecule has 0 heterocycles. The molecule has 9 heteroatoms. The van der Waals surface area contributed by atoms with Gasteiger partial charge in [-0.15, -0.1) is 0 Å². The molecule has 0 aliphatic carbocycles. The minimum Gasteiger partial charge on any atom is -0.481 e. The van der Waals surface area contributed by atoms with Crippen molar-refractivity contribution in [3.8, 4) is 0 Å². The molecular weight excluding hydrogens is 488 g/mol. The molecule has 0 aromatic rings. The Hall–Kier alpha value is -2.45. The number of unbranched alkanes of at least 4 members (excludes halogenated alkanes) is 13. The van der Waals surface area contributed by atoms with Gasteiger partial charge in [-0.25, -0.2) is 0 Å². The van der Waals surface area contributed by atoms with Gasteiger partial charge in [0.25, 0.3) is 0 Å². The predicted molar refractivity (Wildman–Crippen MR) is 148 cm³/mol. The summed E-state index contributed by atoms with van der Waals surface area (Å²) in [6.45, 7) is 1.94. The number of amides is 2. The molecule has 0 fully saturated rings. The zero-order valence-electron chi connectivity index (χ0n) is 23.6. The molecule has 3 N–H and O–H groups in total. The van der Waals surface area contributed by atoms with Crippen LogP contribution in [0.25, 0.3) is 0 Å². The summed E-state index contributed by atoms with van der Waals surface area (Å²) in [7, 11) is 0. The Bertz CT molecular complexity index is 682. The maximum atomic E-state index is 12.5. The molecule has 0 unspecified atom stereocenters. The molecule has 9 nitrogen and oxygen atoms in total. The summed E-state index contributed by atoms with van der Waals surface area (Å²) in [5, 5.41) is 20.5. The summed E-state index contributed by atoms with van der Waals surface area (Å²) in [5.41, 5.74) is 0. The third-order valence-corrected chi connectivity index (χ3v) is 6.65. The van der Waals surface area contributed by atoms with Gasteiger partial charge < -0.3 is 20.4 Å². The van der Waals surface area contributed by atoms with Crippen molar-refractivity contribution in [3.05, 3.63) is 0 Å². The molecule has 0 aliphatic heterocycles. The molecule has 0 bridgehead atoms. The number of Topliss-reactive ketones (excluding diaryl/α,β-unsaturated/α-hetero) is 1. The number of hydrogen-bond acceptors (Lipinski definition) is 5. The van der Waals surface area contributed by atoms with E-state index >= 15 is 0 Å². The Labute approximate surface area is 229 Å². The first-order valence-electron chi connectivity index (χ1n) is 14.8. The van der Waals surface area contributed by atoms with Gasteiger partial charge in [0, 0.05) is 45.2 Å². The molecule has 0 saturated carbocycles. The maximum absolute atomic E-state index is 12.5. The third kappa shape index (κ3) is 23.9. The van der Waals surface area contributed by atoms with Crippen LogP contribution in [0.4, 0.5) is 0 Å². The summed E-state index contributed by atoms with van der Waals surface area (Å²) in [6, 6.07) is 0. The van der Waals surface area contributed by atoms with Crippen LogP contribution in [0.3, 0.4) is 0 Å². The SMILES string of the molecule is CCC(=O)NCCCC(=O)CCN(CC(=O)O)C(=O)CCCCCCCCCCCCCCCCC(=O)O. The highest BCUT2D eigenvalue weighted by Crippen LogP contribution is 2.14. The summed E-state index contributed by atoms with van der Waals surface area (Å²) < 4.78 is 0. The molecule has 0 rings (SSSR count). The second kappa shape index (κ2) is 24.9. The number of ketones is 1. The van der Waals surface area contributed by atoms with Crippen molar-refractivity contribution in [2.75, 3.05) is 19.6 Å². The molecule has 220 valence electrons. The van der Waals surface area contributed by atoms with Gasteiger partial charge in [0.2, 0.25) is 11.8 Å². The van der Waals surface area contributed by atoms with Crippen LogP contribution in [0.5, 0.6) is 0 Å². The Morgan fingerprint density at radius 2 is 1.05 bits per heavy atom. The van der Waals surface area contributed by atoms with Crippen molar-refractivity contribution in [1.82, 2.24) is 10.2 Å². The van der Waals surface area contributed by atoms with E-state index in [1.807, 2.05) is 0 Å². The smallest absolute Gasteiger partial charge is 0.323 e. The molecule has 0 aromatic carbocycles. The number of nitrogens with one attached hydrogen (secondary N) is 1. The van der Waals surface area contributed by atoms with E-state index in [-0.39, 0.29) is 43.5 Å². The fourth-order valence-electron chi connectivity index (χ4n) is 4.31. The number of carbonyl (C=O) groups excluding carboxylic acids is 3. The van der Waals surface area contributed by atoms with Gasteiger partial charge in [-0.2, -0.15) is 0 Å². The lowest BCUT2D eigenvalue weighted by Crippen LogP contribution is -2.37. The van der Waals surface area contributed by atoms with E-state index in [4.69, 9.17) is 10.2 Å². The summed E-state index contributed by atoms with van der Waals surface area (Å²) in [6.07, 6.45) is 17.3. The topological polar surface area (TPSA) is 141 Å². The van der Waals surface area contributed by atoms with Crippen LogP contribution in [0.15, 0.2) is 0 Å². The van der Waals surface area contributed by atoms with Gasteiger partial charge in [0.15, 0.2) is 0 Å². The minimum absolute atomic E-state index is 0.0353. The van der Waals surface area contributed by atoms with E-state index in [1.165, 1.54) is 49.8 Å². The Kier molecular flexibility index (Phi) is 23.3. The number of nitrogens with zero attached hydrogens (tertiary/aromatic N) is 1. The predicted octanol–water partition coefficient (Wildman–Crippen LogP) is 5.49. The van der Waals surface area contributed by atoms with E-state index < -0.39 is 11.9 Å². The van der Waals surface area contributed by atoms with Crippen LogP contribution in [0, 0.1) is 0 Å². The van der Waals surface area contributed by atoms with E-state index in [0.29, 0.717) is 32.2 Å². The Balaban J connectivity index is 3.78. The van der Waals surface area contributed by atoms with Crippen molar-refractivity contribution >= 4 is 29.5 Å². The molecule has 0 aromatic heterocycles. The van der Waals surface area contributed by atoms with Crippen molar-refractivity contribution in [1.29, 1.82) is 0 Å². The number of hydrogen-bond donors (Lipinski definition) is 3. The summed E-state index contributed by atoms with van der Waals surface area (Å²) in [4.78, 5) is 58.7. The van der Waals surface area contributed by atoms with Crippen LogP contribution in [-0.2, 0) is 24.0 Å². The second-order valence-corrected chi connectivity index (χ2v) is 10.1. The van der Waals surface area contributed by atoms with Crippen LogP contribution in [-0.4, -0.2) is 64.3 Å². The summed E-state index contributed by atoms with van der Waals surface area (Å²) in [5.74, 6) is -2.08. The quantitative estimate of drug-likeness (QED) is 0.117. The standard InChI is InChI=1S/C29H52N2O7/c1-2-26(33)30-22-17-18-25(32)21-23-31(24-29(37)38)27(34)19-15-13-11-9-7-5-3-4-6-8-10-12-14-16-20-28(35)36/h2-24H2,1H3,(H,30,33)(H,35,36)(H,37,38). The average molecular weight is 541 g/mol. The normalized spacial score (nSPS) is 10.8. The number of rotatable bonds is 27. The van der Waals surface area contributed by atoms with E-state index in [9.17, 15) is 24.0 Å². The van der Waals surface area contributed by atoms with Crippen LogP contribution >= 0.6 is 0 Å². The van der Waals surface area contributed by atoms with Crippen molar-refractivity contribution in [2.45, 2.75) is 135 Å². The largest absolute Gasteiger partial charge is 0.481 e. The van der Waals surface area contributed by atoms with Gasteiger partial charge in [-0.3, -0.25) is 24.0 Å². The molecule has 0 aliphatic rings. The van der Waals surface area contributed by atoms with Gasteiger partial charge >= 0.3 is 11.9 Å². The lowest BCUT2D eigenvalue weighted by molar-refractivity contribution is -0.144. The second-order valence-electron chi connectivity index (χ2n) is 10.1. The van der Waals surface area contributed by atoms with Gasteiger partial charge in [0.1, 0.15) is 12.3 Å². The van der Waals surface area contributed by atoms with Crippen LogP contribution in [0.1, 0.15) is 135 Å². The first kappa shape index (κ1) is 35.5. The van der Waals surface area contributed by atoms with Gasteiger partial charge in [-0.05, 0) is 19.3 Å². The molecule has 38 heavy (non-hydrogen) atoms. The molecule has 0 spiro atoms. The molecular formula is C29H52N2O7. The highest BCUT2D eigenvalue weighted by molar-refractivity contribution is 5.83. The molecule has 2 amide bonds. The fourth-order valence-corrected chi connectivity index (χ4v) is 4.31. The third-order valence-electron chi connectivity index (χ3n) is 6.65. The number of carboxylic acid groups (broad SMARTS) is 2.